The van der Waals surface area contributed by atoms with Gasteiger partial charge in [0.25, 0.3) is 0 Å². The Morgan fingerprint density at radius 3 is 1.77 bits per heavy atom. The third kappa shape index (κ3) is 8.20. The third-order valence-corrected chi connectivity index (χ3v) is 9.22. The summed E-state index contributed by atoms with van der Waals surface area (Å²) in [4.78, 5) is 0. The van der Waals surface area contributed by atoms with Crippen molar-refractivity contribution in [3.8, 4) is 0 Å². The molecule has 0 amide bonds. The van der Waals surface area contributed by atoms with Crippen LogP contribution in [-0.4, -0.2) is 0 Å². The maximum atomic E-state index is 3.97. The average molecular weight is 413 g/mol. The van der Waals surface area contributed by atoms with E-state index >= 15 is 0 Å². The highest BCUT2D eigenvalue weighted by molar-refractivity contribution is 4.94. The van der Waals surface area contributed by atoms with E-state index in [2.05, 4.69) is 31.7 Å². The van der Waals surface area contributed by atoms with Crippen molar-refractivity contribution in [2.45, 2.75) is 129 Å². The molecule has 0 atom stereocenters. The lowest BCUT2D eigenvalue weighted by Gasteiger charge is -2.38. The van der Waals surface area contributed by atoms with E-state index in [1.54, 1.807) is 38.5 Å². The van der Waals surface area contributed by atoms with E-state index in [-0.39, 0.29) is 0 Å². The molecule has 0 nitrogen and oxygen atoms in total. The van der Waals surface area contributed by atoms with E-state index in [1.807, 2.05) is 0 Å². The summed E-state index contributed by atoms with van der Waals surface area (Å²) in [5.74, 6) is 5.93. The van der Waals surface area contributed by atoms with Crippen LogP contribution in [-0.2, 0) is 0 Å². The molecule has 0 radical (unpaired) electrons. The fraction of sp³-hybridized carbons (Fsp3) is 0.867. The molecular formula is C30H52. The highest BCUT2D eigenvalue weighted by Crippen LogP contribution is 2.43. The van der Waals surface area contributed by atoms with Crippen LogP contribution in [0.25, 0.3) is 0 Å². The molecule has 0 N–H and O–H groups in total. The van der Waals surface area contributed by atoms with Crippen LogP contribution in [0.2, 0.25) is 0 Å². The minimum atomic E-state index is 0.797. The Bertz CT molecular complexity index is 464. The zero-order valence-electron chi connectivity index (χ0n) is 20.3. The molecule has 0 saturated heterocycles. The Morgan fingerprint density at radius 1 is 0.633 bits per heavy atom. The van der Waals surface area contributed by atoms with Gasteiger partial charge < -0.3 is 0 Å². The Labute approximate surface area is 189 Å². The van der Waals surface area contributed by atoms with Crippen LogP contribution in [0.3, 0.4) is 0 Å². The molecular weight excluding hydrogens is 360 g/mol. The predicted octanol–water partition coefficient (Wildman–Crippen LogP) is 9.90. The Kier molecular flexibility index (Phi) is 11.1. The van der Waals surface area contributed by atoms with Gasteiger partial charge in [-0.1, -0.05) is 82.9 Å². The van der Waals surface area contributed by atoms with Crippen LogP contribution in [0.5, 0.6) is 0 Å². The van der Waals surface area contributed by atoms with Crippen LogP contribution < -0.4 is 0 Å². The van der Waals surface area contributed by atoms with Crippen molar-refractivity contribution in [1.82, 2.24) is 0 Å². The van der Waals surface area contributed by atoms with E-state index in [0.29, 0.717) is 0 Å². The summed E-state index contributed by atoms with van der Waals surface area (Å²) in [6.45, 7) is 6.30. The van der Waals surface area contributed by atoms with Gasteiger partial charge in [0.1, 0.15) is 0 Å². The van der Waals surface area contributed by atoms with Gasteiger partial charge in [-0.3, -0.25) is 0 Å². The van der Waals surface area contributed by atoms with Gasteiger partial charge in [-0.2, -0.15) is 0 Å². The Balaban J connectivity index is 1.23. The first-order valence-electron chi connectivity index (χ1n) is 14.1. The largest absolute Gasteiger partial charge is 0.103 e. The number of allylic oxidation sites excluding steroid dienone is 3. The van der Waals surface area contributed by atoms with Crippen molar-refractivity contribution in [3.63, 3.8) is 0 Å². The second kappa shape index (κ2) is 13.8. The molecule has 0 heteroatoms. The van der Waals surface area contributed by atoms with Crippen molar-refractivity contribution in [1.29, 1.82) is 0 Å². The molecule has 0 aromatic rings. The van der Waals surface area contributed by atoms with Crippen LogP contribution in [0.15, 0.2) is 24.8 Å². The summed E-state index contributed by atoms with van der Waals surface area (Å²) in [7, 11) is 0. The third-order valence-electron chi connectivity index (χ3n) is 9.22. The molecule has 0 aromatic carbocycles. The van der Waals surface area contributed by atoms with E-state index in [9.17, 15) is 0 Å². The molecule has 3 rings (SSSR count). The minimum Gasteiger partial charge on any atom is -0.103 e. The monoisotopic (exact) mass is 412 g/mol. The van der Waals surface area contributed by atoms with Crippen LogP contribution >= 0.6 is 0 Å². The first-order chi connectivity index (χ1) is 14.8. The zero-order chi connectivity index (χ0) is 21.0. The lowest BCUT2D eigenvalue weighted by atomic mass is 9.68. The lowest BCUT2D eigenvalue weighted by Crippen LogP contribution is -2.25. The second-order valence-corrected chi connectivity index (χ2v) is 11.3. The first-order valence-corrected chi connectivity index (χ1v) is 14.1. The molecule has 3 fully saturated rings. The molecule has 0 aliphatic heterocycles. The predicted molar refractivity (Wildman–Crippen MR) is 134 cm³/mol. The highest BCUT2D eigenvalue weighted by Gasteiger charge is 2.30. The Hall–Kier alpha value is -0.520. The molecule has 0 bridgehead atoms. The van der Waals surface area contributed by atoms with Crippen LogP contribution in [0.1, 0.15) is 129 Å². The molecule has 3 saturated carbocycles. The molecule has 0 unspecified atom stereocenters. The average Bonchev–Trinajstić information content (AvgIpc) is 2.81. The van der Waals surface area contributed by atoms with E-state index in [1.165, 1.54) is 83.5 Å². The van der Waals surface area contributed by atoms with Crippen molar-refractivity contribution in [2.24, 2.45) is 35.5 Å². The maximum Gasteiger partial charge on any atom is -0.0233 e. The first kappa shape index (κ1) is 24.1. The molecule has 3 aliphatic carbocycles. The Morgan fingerprint density at radius 2 is 1.20 bits per heavy atom. The standard InChI is InChI=1S/C30H52/c1-3-5-6-7-10-27-17-21-29(22-18-27)30-23-19-28(20-24-30)12-9-8-11-26-15-13-25(4-2)14-16-26/h4,8,11,25-30H,2-3,5-7,9-10,12-24H2,1H3/b11-8+/t25-,26-,27-,28?,29-,30?. The van der Waals surface area contributed by atoms with Gasteiger partial charge in [0.15, 0.2) is 0 Å². The quantitative estimate of drug-likeness (QED) is 0.234. The number of unbranched alkanes of at least 4 members (excludes halogenated alkanes) is 3. The molecule has 0 spiro atoms. The smallest absolute Gasteiger partial charge is 0.0233 e. The van der Waals surface area contributed by atoms with E-state index in [4.69, 9.17) is 0 Å². The van der Waals surface area contributed by atoms with Gasteiger partial charge in [-0.15, -0.1) is 6.58 Å². The van der Waals surface area contributed by atoms with Gasteiger partial charge in [-0.25, -0.2) is 0 Å². The molecule has 3 aliphatic rings. The second-order valence-electron chi connectivity index (χ2n) is 11.3. The summed E-state index contributed by atoms with van der Waals surface area (Å²) in [6.07, 6.45) is 35.3. The van der Waals surface area contributed by atoms with Crippen LogP contribution in [0, 0.1) is 35.5 Å². The van der Waals surface area contributed by atoms with Gasteiger partial charge in [0, 0.05) is 0 Å². The van der Waals surface area contributed by atoms with Crippen molar-refractivity contribution in [2.75, 3.05) is 0 Å². The molecule has 0 aromatic heterocycles. The van der Waals surface area contributed by atoms with Gasteiger partial charge >= 0.3 is 0 Å². The fourth-order valence-corrected chi connectivity index (χ4v) is 6.95. The number of hydrogen-bond acceptors (Lipinski definition) is 0. The summed E-state index contributed by atoms with van der Waals surface area (Å²) in [5, 5.41) is 0. The van der Waals surface area contributed by atoms with Crippen molar-refractivity contribution >= 4 is 0 Å². The lowest BCUT2D eigenvalue weighted by molar-refractivity contribution is 0.140. The van der Waals surface area contributed by atoms with Crippen LogP contribution in [0.4, 0.5) is 0 Å². The minimum absolute atomic E-state index is 0.797. The number of rotatable bonds is 11. The SMILES string of the molecule is C=C[C@H]1CC[C@H](/C=C/CCC2CCC([C@H]3CC[C@H](CCCCCC)CC3)CC2)CC1. The van der Waals surface area contributed by atoms with Crippen molar-refractivity contribution in [3.05, 3.63) is 24.8 Å². The van der Waals surface area contributed by atoms with Crippen molar-refractivity contribution < 1.29 is 0 Å². The fourth-order valence-electron chi connectivity index (χ4n) is 6.95. The van der Waals surface area contributed by atoms with Gasteiger partial charge in [-0.05, 0) is 99.7 Å². The summed E-state index contributed by atoms with van der Waals surface area (Å²) in [5.41, 5.74) is 0. The molecule has 0 heterocycles. The normalized spacial score (nSPS) is 35.5. The van der Waals surface area contributed by atoms with E-state index in [0.717, 1.165) is 35.5 Å². The van der Waals surface area contributed by atoms with Gasteiger partial charge in [0.05, 0.1) is 0 Å². The summed E-state index contributed by atoms with van der Waals surface area (Å²) >= 11 is 0. The highest BCUT2D eigenvalue weighted by atomic mass is 14.4. The molecule has 172 valence electrons. The zero-order valence-corrected chi connectivity index (χ0v) is 20.3. The maximum absolute atomic E-state index is 3.97. The molecule has 30 heavy (non-hydrogen) atoms. The summed E-state index contributed by atoms with van der Waals surface area (Å²) < 4.78 is 0. The van der Waals surface area contributed by atoms with Gasteiger partial charge in [0.2, 0.25) is 0 Å². The number of hydrogen-bond donors (Lipinski definition) is 0. The topological polar surface area (TPSA) is 0 Å². The summed E-state index contributed by atoms with van der Waals surface area (Å²) in [6, 6.07) is 0. The van der Waals surface area contributed by atoms with E-state index < -0.39 is 0 Å².